The van der Waals surface area contributed by atoms with E-state index < -0.39 is 17.8 Å². The average Bonchev–Trinajstić information content (AvgIpc) is 3.01. The second-order valence-corrected chi connectivity index (χ2v) is 5.77. The standard InChI is InChI=1S/C15H14ClNO3/c16-10-3-5-11(6-4-10)17-14(18)12-8-1-2-9(7-8)13(12)15(19)20/h1-6,8-9,12-13H,7H2,(H,17,18)(H,19,20)/t8-,9-,12+,13+/m0/s1. The van der Waals surface area contributed by atoms with E-state index in [1.165, 1.54) is 0 Å². The van der Waals surface area contributed by atoms with Crippen LogP contribution in [-0.4, -0.2) is 17.0 Å². The van der Waals surface area contributed by atoms with Gasteiger partial charge in [-0.3, -0.25) is 9.59 Å². The van der Waals surface area contributed by atoms with Crippen molar-refractivity contribution in [1.29, 1.82) is 0 Å². The van der Waals surface area contributed by atoms with Crippen molar-refractivity contribution in [3.63, 3.8) is 0 Å². The molecule has 0 unspecified atom stereocenters. The van der Waals surface area contributed by atoms with E-state index in [2.05, 4.69) is 5.32 Å². The predicted octanol–water partition coefficient (Wildman–Crippen LogP) is 2.80. The minimum atomic E-state index is -0.891. The normalized spacial score (nSPS) is 30.4. The van der Waals surface area contributed by atoms with Gasteiger partial charge in [-0.2, -0.15) is 0 Å². The molecule has 1 saturated carbocycles. The van der Waals surface area contributed by atoms with Crippen LogP contribution in [0.15, 0.2) is 36.4 Å². The fraction of sp³-hybridized carbons (Fsp3) is 0.333. The lowest BCUT2D eigenvalue weighted by molar-refractivity contribution is -0.146. The highest BCUT2D eigenvalue weighted by molar-refractivity contribution is 6.30. The number of fused-ring (bicyclic) bond motifs is 2. The Labute approximate surface area is 121 Å². The van der Waals surface area contributed by atoms with Crippen LogP contribution in [0, 0.1) is 23.7 Å². The molecule has 0 radical (unpaired) electrons. The number of carbonyl (C=O) groups is 2. The molecule has 1 aromatic rings. The number of carboxylic acids is 1. The van der Waals surface area contributed by atoms with Gasteiger partial charge in [0.05, 0.1) is 11.8 Å². The van der Waals surface area contributed by atoms with Crippen molar-refractivity contribution in [2.45, 2.75) is 6.42 Å². The molecule has 0 heterocycles. The molecular weight excluding hydrogens is 278 g/mol. The lowest BCUT2D eigenvalue weighted by Crippen LogP contribution is -2.36. The Bertz CT molecular complexity index is 581. The summed E-state index contributed by atoms with van der Waals surface area (Å²) >= 11 is 5.79. The maximum absolute atomic E-state index is 12.4. The summed E-state index contributed by atoms with van der Waals surface area (Å²) in [4.78, 5) is 23.7. The molecule has 4 nitrogen and oxygen atoms in total. The molecule has 0 aromatic heterocycles. The summed E-state index contributed by atoms with van der Waals surface area (Å²) in [6.07, 6.45) is 4.65. The van der Waals surface area contributed by atoms with Gasteiger partial charge in [-0.1, -0.05) is 23.8 Å². The van der Waals surface area contributed by atoms with Crippen LogP contribution in [0.1, 0.15) is 6.42 Å². The summed E-state index contributed by atoms with van der Waals surface area (Å²) in [5.41, 5.74) is 0.635. The number of halogens is 1. The first kappa shape index (κ1) is 13.2. The number of hydrogen-bond donors (Lipinski definition) is 2. The van der Waals surface area contributed by atoms with Crippen LogP contribution < -0.4 is 5.32 Å². The molecule has 1 amide bonds. The van der Waals surface area contributed by atoms with Crippen LogP contribution in [-0.2, 0) is 9.59 Å². The van der Waals surface area contributed by atoms with E-state index >= 15 is 0 Å². The number of anilines is 1. The maximum atomic E-state index is 12.4. The zero-order valence-corrected chi connectivity index (χ0v) is 11.4. The molecule has 2 aliphatic rings. The number of nitrogens with one attached hydrogen (secondary N) is 1. The van der Waals surface area contributed by atoms with Gasteiger partial charge in [0.15, 0.2) is 0 Å². The lowest BCUT2D eigenvalue weighted by Gasteiger charge is -2.23. The van der Waals surface area contributed by atoms with Crippen molar-refractivity contribution in [2.24, 2.45) is 23.7 Å². The van der Waals surface area contributed by atoms with Crippen molar-refractivity contribution >= 4 is 29.2 Å². The van der Waals surface area contributed by atoms with Gasteiger partial charge in [-0.15, -0.1) is 0 Å². The maximum Gasteiger partial charge on any atom is 0.307 e. The van der Waals surface area contributed by atoms with Crippen LogP contribution in [0.3, 0.4) is 0 Å². The highest BCUT2D eigenvalue weighted by Crippen LogP contribution is 2.48. The fourth-order valence-corrected chi connectivity index (χ4v) is 3.40. The van der Waals surface area contributed by atoms with E-state index in [1.54, 1.807) is 24.3 Å². The van der Waals surface area contributed by atoms with Crippen molar-refractivity contribution in [1.82, 2.24) is 0 Å². The van der Waals surface area contributed by atoms with Crippen LogP contribution in [0.4, 0.5) is 5.69 Å². The van der Waals surface area contributed by atoms with Crippen LogP contribution in [0.2, 0.25) is 5.02 Å². The second-order valence-electron chi connectivity index (χ2n) is 5.33. The minimum absolute atomic E-state index is 0.0153. The number of amides is 1. The molecule has 104 valence electrons. The summed E-state index contributed by atoms with van der Waals surface area (Å²) in [5.74, 6) is -2.20. The topological polar surface area (TPSA) is 66.4 Å². The Morgan fingerprint density at radius 1 is 1.10 bits per heavy atom. The van der Waals surface area contributed by atoms with Crippen LogP contribution in [0.25, 0.3) is 0 Å². The largest absolute Gasteiger partial charge is 0.481 e. The van der Waals surface area contributed by atoms with E-state index in [4.69, 9.17) is 11.6 Å². The predicted molar refractivity (Wildman–Crippen MR) is 75.4 cm³/mol. The molecule has 1 fully saturated rings. The molecule has 5 heteroatoms. The third kappa shape index (κ3) is 2.20. The molecule has 20 heavy (non-hydrogen) atoms. The van der Waals surface area contributed by atoms with Gasteiger partial charge in [0.1, 0.15) is 0 Å². The third-order valence-electron chi connectivity index (χ3n) is 4.16. The molecule has 0 spiro atoms. The molecule has 2 N–H and O–H groups in total. The SMILES string of the molecule is O=C(O)[C@H]1[C@H](C(=O)Nc2ccc(Cl)cc2)[C@H]2C=C[C@H]1C2. The quantitative estimate of drug-likeness (QED) is 0.842. The van der Waals surface area contributed by atoms with Crippen molar-refractivity contribution < 1.29 is 14.7 Å². The van der Waals surface area contributed by atoms with E-state index in [9.17, 15) is 14.7 Å². The Kier molecular flexibility index (Phi) is 3.26. The molecule has 2 aliphatic carbocycles. The van der Waals surface area contributed by atoms with E-state index in [1.807, 2.05) is 12.2 Å². The molecule has 0 saturated heterocycles. The van der Waals surface area contributed by atoms with Crippen molar-refractivity contribution in [2.75, 3.05) is 5.32 Å². The zero-order chi connectivity index (χ0) is 14.3. The van der Waals surface area contributed by atoms with Gasteiger partial charge in [-0.25, -0.2) is 0 Å². The number of rotatable bonds is 3. The second kappa shape index (κ2) is 4.94. The summed E-state index contributed by atoms with van der Waals surface area (Å²) in [6, 6.07) is 6.79. The van der Waals surface area contributed by atoms with E-state index in [0.29, 0.717) is 10.7 Å². The third-order valence-corrected chi connectivity index (χ3v) is 4.41. The first-order valence-corrected chi connectivity index (χ1v) is 6.91. The van der Waals surface area contributed by atoms with Crippen molar-refractivity contribution in [3.8, 4) is 0 Å². The number of benzene rings is 1. The number of hydrogen-bond acceptors (Lipinski definition) is 2. The lowest BCUT2D eigenvalue weighted by atomic mass is 9.82. The number of allylic oxidation sites excluding steroid dienone is 2. The Balaban J connectivity index is 1.78. The molecule has 2 bridgehead atoms. The monoisotopic (exact) mass is 291 g/mol. The molecule has 1 aromatic carbocycles. The van der Waals surface area contributed by atoms with Gasteiger partial charge in [0.25, 0.3) is 0 Å². The van der Waals surface area contributed by atoms with Gasteiger partial charge in [-0.05, 0) is 42.5 Å². The summed E-state index contributed by atoms with van der Waals surface area (Å²) in [6.45, 7) is 0. The highest BCUT2D eigenvalue weighted by atomic mass is 35.5. The van der Waals surface area contributed by atoms with Gasteiger partial charge in [0.2, 0.25) is 5.91 Å². The zero-order valence-electron chi connectivity index (χ0n) is 10.6. The van der Waals surface area contributed by atoms with Gasteiger partial charge in [0, 0.05) is 10.7 Å². The first-order valence-electron chi connectivity index (χ1n) is 6.54. The van der Waals surface area contributed by atoms with E-state index in [0.717, 1.165) is 6.42 Å². The van der Waals surface area contributed by atoms with Crippen LogP contribution >= 0.6 is 11.6 Å². The number of carbonyl (C=O) groups excluding carboxylic acids is 1. The molecular formula is C15H14ClNO3. The highest BCUT2D eigenvalue weighted by Gasteiger charge is 2.51. The average molecular weight is 292 g/mol. The van der Waals surface area contributed by atoms with Gasteiger partial charge >= 0.3 is 5.97 Å². The molecule has 4 atom stereocenters. The summed E-state index contributed by atoms with van der Waals surface area (Å²) in [5, 5.41) is 12.7. The smallest absolute Gasteiger partial charge is 0.307 e. The first-order chi connectivity index (χ1) is 9.56. The molecule has 3 rings (SSSR count). The Morgan fingerprint density at radius 2 is 1.70 bits per heavy atom. The van der Waals surface area contributed by atoms with Crippen molar-refractivity contribution in [3.05, 3.63) is 41.4 Å². The summed E-state index contributed by atoms with van der Waals surface area (Å²) < 4.78 is 0. The Morgan fingerprint density at radius 3 is 2.30 bits per heavy atom. The fourth-order valence-electron chi connectivity index (χ4n) is 3.28. The Hall–Kier alpha value is -1.81. The van der Waals surface area contributed by atoms with E-state index in [-0.39, 0.29) is 17.7 Å². The van der Waals surface area contributed by atoms with Crippen LogP contribution in [0.5, 0.6) is 0 Å². The number of aliphatic carboxylic acids is 1. The van der Waals surface area contributed by atoms with Gasteiger partial charge < -0.3 is 10.4 Å². The number of carboxylic acid groups (broad SMARTS) is 1. The molecule has 0 aliphatic heterocycles. The minimum Gasteiger partial charge on any atom is -0.481 e. The summed E-state index contributed by atoms with van der Waals surface area (Å²) in [7, 11) is 0.